The maximum atomic E-state index is 8.70. The molecule has 0 amide bonds. The molecule has 0 unspecified atom stereocenters. The number of benzene rings is 18. The van der Waals surface area contributed by atoms with Crippen LogP contribution in [0.1, 0.15) is 68.2 Å². The van der Waals surface area contributed by atoms with Crippen LogP contribution >= 0.6 is 47.6 Å². The molecule has 0 aliphatic carbocycles. The summed E-state index contributed by atoms with van der Waals surface area (Å²) in [6.45, 7) is 4.55. The second kappa shape index (κ2) is 59.7. The van der Waals surface area contributed by atoms with Crippen molar-refractivity contribution in [1.82, 2.24) is 0 Å². The molecule has 0 spiro atoms. The van der Waals surface area contributed by atoms with Crippen molar-refractivity contribution in [3.8, 4) is 45.6 Å². The van der Waals surface area contributed by atoms with Gasteiger partial charge in [0.1, 0.15) is 11.5 Å². The monoisotopic (exact) mass is 2050 g/mol. The summed E-state index contributed by atoms with van der Waals surface area (Å²) >= 11 is 3.55. The first kappa shape index (κ1) is 108. The van der Waals surface area contributed by atoms with Gasteiger partial charge < -0.3 is 38.5 Å². The maximum absolute atomic E-state index is 8.70. The first-order valence-electron chi connectivity index (χ1n) is 45.6. The van der Waals surface area contributed by atoms with Gasteiger partial charge in [0, 0.05) is 26.0 Å². The van der Waals surface area contributed by atoms with Crippen molar-refractivity contribution in [2.75, 3.05) is 42.7 Å². The van der Waals surface area contributed by atoms with Crippen molar-refractivity contribution in [2.45, 2.75) is 58.8 Å². The van der Waals surface area contributed by atoms with Gasteiger partial charge in [0.25, 0.3) is 0 Å². The minimum Gasteiger partial charge on any atom is -0.497 e. The Hall–Kier alpha value is -12.4. The van der Waals surface area contributed by atoms with Gasteiger partial charge in [0.15, 0.2) is 23.0 Å². The Balaban J connectivity index is 0.000000167. The Kier molecular flexibility index (Phi) is 46.5. The van der Waals surface area contributed by atoms with Crippen LogP contribution in [0.5, 0.6) is 34.5 Å². The SMILES string of the molecule is C.COc1cc(CC[C@H](C)c2ccccc2)cc(Br)c1OC.COc1ccc(-c2cc(CC[C@H](C)c3ccccc3)cc(OC)c2OC)cc1.COc1ccc(B(O)O)cc1.[Pd].c1ccc(P(c2ccccc2)c2ccccc2)cc1.c1ccc(P(c2ccccc2)c2ccccc2)cc1.c1ccc(P(c2ccccc2)c2ccccc2)cc1.c1ccc(P(c2ccccc2)c2ccccc2)cc1. The summed E-state index contributed by atoms with van der Waals surface area (Å²) in [5, 5.41) is 34.2. The zero-order valence-electron chi connectivity index (χ0n) is 78.7. The molecule has 2 N–H and O–H groups in total. The predicted molar refractivity (Wildman–Crippen MR) is 595 cm³/mol. The number of hydrogen-bond donors (Lipinski definition) is 2. The molecule has 2 atom stereocenters. The summed E-state index contributed by atoms with van der Waals surface area (Å²) in [5.74, 6) is 5.62. The molecular formula is C123H122BBrO8P4Pd. The van der Waals surface area contributed by atoms with Gasteiger partial charge >= 0.3 is 7.12 Å². The van der Waals surface area contributed by atoms with Crippen molar-refractivity contribution < 1.29 is 58.9 Å². The fourth-order valence-electron chi connectivity index (χ4n) is 15.4. The molecule has 138 heavy (non-hydrogen) atoms. The molecule has 8 nitrogen and oxygen atoms in total. The Morgan fingerprint density at radius 1 is 0.254 bits per heavy atom. The molecular weight excluding hydrogens is 1930 g/mol. The van der Waals surface area contributed by atoms with Crippen LogP contribution in [0.3, 0.4) is 0 Å². The van der Waals surface area contributed by atoms with Gasteiger partial charge in [-0.05, 0) is 231 Å². The minimum absolute atomic E-state index is 0. The van der Waals surface area contributed by atoms with E-state index in [0.717, 1.165) is 70.0 Å². The molecule has 18 aromatic carbocycles. The molecule has 15 heteroatoms. The third kappa shape index (κ3) is 32.9. The van der Waals surface area contributed by atoms with Crippen molar-refractivity contribution in [3.63, 3.8) is 0 Å². The molecule has 0 bridgehead atoms. The normalized spacial score (nSPS) is 10.8. The van der Waals surface area contributed by atoms with Crippen LogP contribution in [0.2, 0.25) is 0 Å². The molecule has 18 aromatic rings. The summed E-state index contributed by atoms with van der Waals surface area (Å²) in [5.41, 5.74) is 7.83. The number of hydrogen-bond acceptors (Lipinski definition) is 8. The Bertz CT molecular complexity index is 5500. The predicted octanol–water partition coefficient (Wildman–Crippen LogP) is 25.1. The van der Waals surface area contributed by atoms with E-state index in [2.05, 4.69) is 479 Å². The van der Waals surface area contributed by atoms with Crippen molar-refractivity contribution >= 4 is 124 Å². The number of rotatable bonds is 28. The largest absolute Gasteiger partial charge is 0.497 e. The fourth-order valence-corrected chi connectivity index (χ4v) is 25.3. The topological polar surface area (TPSA) is 95.8 Å². The van der Waals surface area contributed by atoms with E-state index >= 15 is 0 Å². The average Bonchev–Trinajstić information content (AvgIpc) is 0.796. The summed E-state index contributed by atoms with van der Waals surface area (Å²) in [6, 6.07) is 174. The van der Waals surface area contributed by atoms with Gasteiger partial charge in [-0.2, -0.15) is 0 Å². The molecule has 18 rings (SSSR count). The molecule has 0 radical (unpaired) electrons. The number of methoxy groups -OCH3 is 6. The van der Waals surface area contributed by atoms with Crippen molar-refractivity contribution in [2.24, 2.45) is 0 Å². The van der Waals surface area contributed by atoms with Crippen LogP contribution in [0.15, 0.2) is 502 Å². The fraction of sp³-hybridized carbons (Fsp3) is 0.122. The van der Waals surface area contributed by atoms with Crippen molar-refractivity contribution in [3.05, 3.63) is 524 Å². The zero-order chi connectivity index (χ0) is 95.1. The molecule has 702 valence electrons. The van der Waals surface area contributed by atoms with Gasteiger partial charge in [0.2, 0.25) is 0 Å². The average molecular weight is 2050 g/mol. The second-order valence-corrected chi connectivity index (χ2v) is 41.4. The summed E-state index contributed by atoms with van der Waals surface area (Å²) in [7, 11) is 6.74. The van der Waals surface area contributed by atoms with E-state index in [1.54, 1.807) is 66.9 Å². The summed E-state index contributed by atoms with van der Waals surface area (Å²) in [4.78, 5) is 0. The first-order valence-corrected chi connectivity index (χ1v) is 51.7. The third-order valence-electron chi connectivity index (χ3n) is 22.5. The number of halogens is 1. The van der Waals surface area contributed by atoms with Gasteiger partial charge in [0.05, 0.1) is 47.1 Å². The Morgan fingerprint density at radius 2 is 0.464 bits per heavy atom. The Labute approximate surface area is 847 Å². The van der Waals surface area contributed by atoms with E-state index in [0.29, 0.717) is 23.0 Å². The zero-order valence-corrected chi connectivity index (χ0v) is 85.4. The van der Waals surface area contributed by atoms with E-state index in [4.69, 9.17) is 38.5 Å². The van der Waals surface area contributed by atoms with E-state index in [1.807, 2.05) is 24.3 Å². The van der Waals surface area contributed by atoms with Crippen LogP contribution in [-0.4, -0.2) is 59.8 Å². The summed E-state index contributed by atoms with van der Waals surface area (Å²) < 4.78 is 33.1. The van der Waals surface area contributed by atoms with E-state index < -0.39 is 38.8 Å². The van der Waals surface area contributed by atoms with E-state index in [9.17, 15) is 0 Å². The molecule has 0 fully saturated rings. The van der Waals surface area contributed by atoms with Crippen LogP contribution < -0.4 is 97.5 Å². The van der Waals surface area contributed by atoms with Crippen LogP contribution in [0.4, 0.5) is 0 Å². The van der Waals surface area contributed by atoms with Crippen LogP contribution in [0, 0.1) is 0 Å². The second-order valence-electron chi connectivity index (χ2n) is 31.6. The Morgan fingerprint density at radius 3 is 0.674 bits per heavy atom. The van der Waals surface area contributed by atoms with Gasteiger partial charge in [-0.25, -0.2) is 0 Å². The van der Waals surface area contributed by atoms with Gasteiger partial charge in [-0.15, -0.1) is 0 Å². The molecule has 0 saturated carbocycles. The molecule has 0 heterocycles. The third-order valence-corrected chi connectivity index (χ3v) is 32.9. The molecule has 0 aliphatic heterocycles. The quantitative estimate of drug-likeness (QED) is 0.0370. The molecule has 0 aliphatic rings. The maximum Gasteiger partial charge on any atom is 0.488 e. The summed E-state index contributed by atoms with van der Waals surface area (Å²) in [6.07, 6.45) is 4.15. The van der Waals surface area contributed by atoms with Gasteiger partial charge in [-0.1, -0.05) is 470 Å². The van der Waals surface area contributed by atoms with Crippen LogP contribution in [0.25, 0.3) is 11.1 Å². The number of aryl methyl sites for hydroxylation is 2. The van der Waals surface area contributed by atoms with E-state index in [-0.39, 0.29) is 27.8 Å². The standard InChI is InChI=1S/C25H28O3.C18H21BrO2.4C18H15P.C7H9BO3.CH4.Pd/c1-18(20-8-6-5-7-9-20)10-11-19-16-23(25(28-4)24(17-19)27-3)21-12-14-22(26-2)15-13-21;1-13(15-7-5-4-6-8-15)9-10-14-11-16(19)18(21-3)17(12-14)20-2;4*1-4-10-16(11-5-1)19(17-12-6-2-7-13-17)18-14-8-3-9-15-18;1-11-7-4-2-6(3-5-7)8(9)10;;/h5-9,12-18H,10-11H2,1-4H3;4-8,11-13H,9-10H2,1-3H3;4*1-15H;2-5,9-10H,1H3;1H4;/t18-;13-;;;;;;;/m00......./s1. The molecule has 0 aromatic heterocycles. The first-order chi connectivity index (χ1) is 66.8. The smallest absolute Gasteiger partial charge is 0.488 e. The van der Waals surface area contributed by atoms with Gasteiger partial charge in [-0.3, -0.25) is 0 Å². The number of ether oxygens (including phenoxy) is 6. The minimum atomic E-state index is -1.40. The van der Waals surface area contributed by atoms with Crippen molar-refractivity contribution in [1.29, 1.82) is 0 Å². The van der Waals surface area contributed by atoms with Crippen LogP contribution in [-0.2, 0) is 33.3 Å². The van der Waals surface area contributed by atoms with E-state index in [1.165, 1.54) is 85.9 Å². The molecule has 0 saturated heterocycles.